The smallest absolute Gasteiger partial charge is 0.358 e. The first kappa shape index (κ1) is 14.3. The molecule has 0 radical (unpaired) electrons. The molecule has 7 heteroatoms. The van der Waals surface area contributed by atoms with Gasteiger partial charge in [-0.1, -0.05) is 0 Å². The lowest BCUT2D eigenvalue weighted by atomic mass is 10.3. The van der Waals surface area contributed by atoms with Gasteiger partial charge in [-0.05, 0) is 6.92 Å². The Kier molecular flexibility index (Phi) is 6.03. The van der Waals surface area contributed by atoms with Crippen molar-refractivity contribution >= 4 is 11.8 Å². The molecule has 1 aromatic heterocycles. The van der Waals surface area contributed by atoms with E-state index in [4.69, 9.17) is 14.9 Å². The summed E-state index contributed by atoms with van der Waals surface area (Å²) in [4.78, 5) is 20.7. The summed E-state index contributed by atoms with van der Waals surface area (Å²) in [6.07, 6.45) is 2.81. The van der Waals surface area contributed by atoms with Crippen LogP contribution in [0.15, 0.2) is 12.4 Å². The van der Waals surface area contributed by atoms with Gasteiger partial charge < -0.3 is 19.8 Å². The number of hydrogen-bond acceptors (Lipinski definition) is 6. The van der Waals surface area contributed by atoms with Crippen molar-refractivity contribution in [1.29, 1.82) is 0 Å². The number of aliphatic hydroxyl groups excluding tert-OH is 1. The van der Waals surface area contributed by atoms with Crippen LogP contribution in [0, 0.1) is 0 Å². The van der Waals surface area contributed by atoms with Crippen molar-refractivity contribution in [1.82, 2.24) is 9.97 Å². The number of rotatable bonds is 8. The molecule has 0 amide bonds. The number of carboxylic acid groups (broad SMARTS) is 1. The fourth-order valence-electron chi connectivity index (χ4n) is 1.47. The van der Waals surface area contributed by atoms with E-state index < -0.39 is 5.97 Å². The number of anilines is 1. The van der Waals surface area contributed by atoms with Crippen LogP contribution in [-0.2, 0) is 4.74 Å². The van der Waals surface area contributed by atoms with Crippen molar-refractivity contribution in [3.05, 3.63) is 18.1 Å². The Hall–Kier alpha value is -1.73. The van der Waals surface area contributed by atoms with Crippen molar-refractivity contribution in [2.45, 2.75) is 6.92 Å². The maximum Gasteiger partial charge on any atom is 0.358 e. The summed E-state index contributed by atoms with van der Waals surface area (Å²) in [5.74, 6) is -0.770. The Morgan fingerprint density at radius 2 is 2.11 bits per heavy atom. The van der Waals surface area contributed by atoms with E-state index >= 15 is 0 Å². The van der Waals surface area contributed by atoms with E-state index in [9.17, 15) is 4.79 Å². The Bertz CT molecular complexity index is 386. The molecular formula is C11H17N3O4. The molecule has 1 heterocycles. The molecule has 0 saturated heterocycles. The number of likely N-dealkylation sites (N-methyl/N-ethyl adjacent to an activating group) is 1. The summed E-state index contributed by atoms with van der Waals surface area (Å²) >= 11 is 0. The normalized spacial score (nSPS) is 10.3. The van der Waals surface area contributed by atoms with Gasteiger partial charge in [0, 0.05) is 25.5 Å². The van der Waals surface area contributed by atoms with Gasteiger partial charge in [0.25, 0.3) is 0 Å². The van der Waals surface area contributed by atoms with E-state index in [-0.39, 0.29) is 18.9 Å². The second-order valence-corrected chi connectivity index (χ2v) is 3.45. The van der Waals surface area contributed by atoms with E-state index in [1.807, 2.05) is 6.92 Å². The predicted octanol–water partition coefficient (Wildman–Crippen LogP) is 0.01000. The van der Waals surface area contributed by atoms with Crippen molar-refractivity contribution in [3.8, 4) is 0 Å². The van der Waals surface area contributed by atoms with Crippen LogP contribution in [0.3, 0.4) is 0 Å². The Labute approximate surface area is 105 Å². The molecule has 2 N–H and O–H groups in total. The molecule has 0 fully saturated rings. The van der Waals surface area contributed by atoms with Crippen molar-refractivity contribution < 1.29 is 19.7 Å². The number of hydrogen-bond donors (Lipinski definition) is 2. The number of aromatic carboxylic acids is 1. The Morgan fingerprint density at radius 1 is 1.39 bits per heavy atom. The molecule has 0 unspecified atom stereocenters. The average molecular weight is 255 g/mol. The summed E-state index contributed by atoms with van der Waals surface area (Å²) in [6.45, 7) is 3.62. The largest absolute Gasteiger partial charge is 0.476 e. The molecule has 0 spiro atoms. The maximum atomic E-state index is 11.0. The molecule has 100 valence electrons. The monoisotopic (exact) mass is 255 g/mol. The molecule has 1 aromatic rings. The van der Waals surface area contributed by atoms with Crippen molar-refractivity contribution in [2.24, 2.45) is 0 Å². The third kappa shape index (κ3) is 3.94. The lowest BCUT2D eigenvalue weighted by Crippen LogP contribution is -2.30. The maximum absolute atomic E-state index is 11.0. The number of aromatic nitrogens is 2. The fraction of sp³-hybridized carbons (Fsp3) is 0.545. The molecule has 1 rings (SSSR count). The molecular weight excluding hydrogens is 238 g/mol. The molecule has 0 atom stereocenters. The number of aliphatic hydroxyl groups is 1. The number of nitrogens with zero attached hydrogens (tertiary/aromatic N) is 3. The van der Waals surface area contributed by atoms with Crippen LogP contribution >= 0.6 is 0 Å². The number of carboxylic acids is 1. The predicted molar refractivity (Wildman–Crippen MR) is 64.8 cm³/mol. The first-order valence-electron chi connectivity index (χ1n) is 5.68. The first-order valence-corrected chi connectivity index (χ1v) is 5.68. The SMILES string of the molecule is CCN(CCOCCO)c1nccnc1C(=O)O. The van der Waals surface area contributed by atoms with Gasteiger partial charge in [0.2, 0.25) is 0 Å². The van der Waals surface area contributed by atoms with E-state index in [1.54, 1.807) is 4.90 Å². The minimum absolute atomic E-state index is 0.0301. The van der Waals surface area contributed by atoms with Gasteiger partial charge in [-0.25, -0.2) is 14.8 Å². The van der Waals surface area contributed by atoms with Crippen LogP contribution in [-0.4, -0.2) is 59.1 Å². The van der Waals surface area contributed by atoms with Crippen LogP contribution in [0.2, 0.25) is 0 Å². The highest BCUT2D eigenvalue weighted by Crippen LogP contribution is 2.14. The van der Waals surface area contributed by atoms with E-state index in [0.29, 0.717) is 25.5 Å². The van der Waals surface area contributed by atoms with Gasteiger partial charge in [0.1, 0.15) is 0 Å². The van der Waals surface area contributed by atoms with Gasteiger partial charge in [-0.3, -0.25) is 0 Å². The average Bonchev–Trinajstić information content (AvgIpc) is 2.39. The highest BCUT2D eigenvalue weighted by Gasteiger charge is 2.17. The standard InChI is InChI=1S/C11H17N3O4/c1-2-14(5-7-18-8-6-15)10-9(11(16)17)12-3-4-13-10/h3-4,15H,2,5-8H2,1H3,(H,16,17). The van der Waals surface area contributed by atoms with Gasteiger partial charge in [0.05, 0.1) is 19.8 Å². The fourth-order valence-corrected chi connectivity index (χ4v) is 1.47. The molecule has 7 nitrogen and oxygen atoms in total. The summed E-state index contributed by atoms with van der Waals surface area (Å²) in [5, 5.41) is 17.6. The summed E-state index contributed by atoms with van der Waals surface area (Å²) < 4.78 is 5.15. The topological polar surface area (TPSA) is 95.8 Å². The molecule has 0 aliphatic heterocycles. The Morgan fingerprint density at radius 3 is 2.72 bits per heavy atom. The van der Waals surface area contributed by atoms with Crippen LogP contribution in [0.5, 0.6) is 0 Å². The zero-order chi connectivity index (χ0) is 13.4. The van der Waals surface area contributed by atoms with E-state index in [0.717, 1.165) is 0 Å². The molecule has 0 aromatic carbocycles. The molecule has 0 aliphatic rings. The quantitative estimate of drug-likeness (QED) is 0.632. The van der Waals surface area contributed by atoms with Gasteiger partial charge in [-0.15, -0.1) is 0 Å². The summed E-state index contributed by atoms with van der Waals surface area (Å²) in [5.41, 5.74) is -0.0680. The minimum Gasteiger partial charge on any atom is -0.476 e. The molecule has 18 heavy (non-hydrogen) atoms. The summed E-state index contributed by atoms with van der Waals surface area (Å²) in [6, 6.07) is 0. The number of ether oxygens (including phenoxy) is 1. The molecule has 0 aliphatic carbocycles. The lowest BCUT2D eigenvalue weighted by Gasteiger charge is -2.22. The van der Waals surface area contributed by atoms with E-state index in [1.165, 1.54) is 12.4 Å². The van der Waals surface area contributed by atoms with Gasteiger partial charge in [-0.2, -0.15) is 0 Å². The highest BCUT2D eigenvalue weighted by molar-refractivity contribution is 5.90. The van der Waals surface area contributed by atoms with Crippen molar-refractivity contribution in [2.75, 3.05) is 37.8 Å². The lowest BCUT2D eigenvalue weighted by molar-refractivity contribution is 0.0690. The molecule has 0 saturated carbocycles. The van der Waals surface area contributed by atoms with Crippen molar-refractivity contribution in [3.63, 3.8) is 0 Å². The van der Waals surface area contributed by atoms with Crippen LogP contribution < -0.4 is 4.90 Å². The van der Waals surface area contributed by atoms with Gasteiger partial charge in [0.15, 0.2) is 11.5 Å². The van der Waals surface area contributed by atoms with E-state index in [2.05, 4.69) is 9.97 Å². The van der Waals surface area contributed by atoms with Crippen LogP contribution in [0.1, 0.15) is 17.4 Å². The first-order chi connectivity index (χ1) is 8.70. The summed E-state index contributed by atoms with van der Waals surface area (Å²) in [7, 11) is 0. The third-order valence-corrected chi connectivity index (χ3v) is 2.30. The van der Waals surface area contributed by atoms with Crippen LogP contribution in [0.25, 0.3) is 0 Å². The zero-order valence-electron chi connectivity index (χ0n) is 10.2. The van der Waals surface area contributed by atoms with Crippen LogP contribution in [0.4, 0.5) is 5.82 Å². The van der Waals surface area contributed by atoms with Gasteiger partial charge >= 0.3 is 5.97 Å². The second-order valence-electron chi connectivity index (χ2n) is 3.45. The number of carbonyl (C=O) groups is 1. The Balaban J connectivity index is 2.72. The minimum atomic E-state index is -1.10. The molecule has 0 bridgehead atoms. The third-order valence-electron chi connectivity index (χ3n) is 2.30. The highest BCUT2D eigenvalue weighted by atomic mass is 16.5. The second kappa shape index (κ2) is 7.57. The zero-order valence-corrected chi connectivity index (χ0v) is 10.2.